The molecule has 1 unspecified atom stereocenters. The molecule has 0 spiro atoms. The number of hydrogen-bond acceptors (Lipinski definition) is 5. The number of aliphatic hydroxyl groups is 1. The SMILES string of the molecule is COC(O)c1c(C)sc2c(-c3cc(Cl)ccc3O)cn(C)c(=O)c12. The van der Waals surface area contributed by atoms with E-state index in [0.29, 0.717) is 31.8 Å². The third kappa shape index (κ3) is 2.61. The second-order valence-electron chi connectivity index (χ2n) is 5.48. The van der Waals surface area contributed by atoms with Crippen molar-refractivity contribution in [2.45, 2.75) is 13.2 Å². The van der Waals surface area contributed by atoms with Gasteiger partial charge in [-0.15, -0.1) is 11.3 Å². The van der Waals surface area contributed by atoms with Gasteiger partial charge in [0.2, 0.25) is 0 Å². The highest BCUT2D eigenvalue weighted by Crippen LogP contribution is 2.41. The molecule has 0 aliphatic heterocycles. The lowest BCUT2D eigenvalue weighted by Gasteiger charge is -2.11. The Morgan fingerprint density at radius 2 is 2.04 bits per heavy atom. The van der Waals surface area contributed by atoms with Crippen LogP contribution in [0.5, 0.6) is 5.75 Å². The summed E-state index contributed by atoms with van der Waals surface area (Å²) in [5.41, 5.74) is 1.43. The van der Waals surface area contributed by atoms with Gasteiger partial charge in [-0.2, -0.15) is 0 Å². The molecule has 0 aliphatic rings. The average Bonchev–Trinajstić information content (AvgIpc) is 2.90. The van der Waals surface area contributed by atoms with Crippen LogP contribution in [0.25, 0.3) is 21.2 Å². The summed E-state index contributed by atoms with van der Waals surface area (Å²) in [5, 5.41) is 21.2. The van der Waals surface area contributed by atoms with Gasteiger partial charge in [-0.3, -0.25) is 4.79 Å². The minimum Gasteiger partial charge on any atom is -0.507 e. The number of phenolic OH excluding ortho intramolecular Hbond substituents is 1. The number of aromatic nitrogens is 1. The number of aliphatic hydroxyl groups excluding tert-OH is 1. The fraction of sp³-hybridized carbons (Fsp3) is 0.235. The molecule has 0 aliphatic carbocycles. The van der Waals surface area contributed by atoms with E-state index < -0.39 is 6.29 Å². The van der Waals surface area contributed by atoms with Gasteiger partial charge in [0, 0.05) is 51.6 Å². The molecule has 0 bridgehead atoms. The van der Waals surface area contributed by atoms with Gasteiger partial charge in [-0.05, 0) is 25.1 Å². The Morgan fingerprint density at radius 3 is 2.71 bits per heavy atom. The van der Waals surface area contributed by atoms with Gasteiger partial charge in [0.05, 0.1) is 5.39 Å². The average molecular weight is 366 g/mol. The molecule has 2 N–H and O–H groups in total. The fourth-order valence-electron chi connectivity index (χ4n) is 2.78. The number of benzene rings is 1. The van der Waals surface area contributed by atoms with Crippen LogP contribution in [0.15, 0.2) is 29.2 Å². The van der Waals surface area contributed by atoms with E-state index >= 15 is 0 Å². The van der Waals surface area contributed by atoms with Gasteiger partial charge in [-0.1, -0.05) is 11.6 Å². The van der Waals surface area contributed by atoms with Crippen molar-refractivity contribution >= 4 is 33.0 Å². The van der Waals surface area contributed by atoms with Crippen LogP contribution < -0.4 is 5.56 Å². The van der Waals surface area contributed by atoms with E-state index in [1.54, 1.807) is 25.4 Å². The van der Waals surface area contributed by atoms with Crippen LogP contribution >= 0.6 is 22.9 Å². The van der Waals surface area contributed by atoms with Crippen LogP contribution in [0, 0.1) is 6.92 Å². The summed E-state index contributed by atoms with van der Waals surface area (Å²) < 4.78 is 7.12. The first-order valence-electron chi connectivity index (χ1n) is 7.17. The minimum absolute atomic E-state index is 0.0687. The van der Waals surface area contributed by atoms with Crippen molar-refractivity contribution in [1.82, 2.24) is 4.57 Å². The Hall–Kier alpha value is -1.86. The number of methoxy groups -OCH3 is 1. The van der Waals surface area contributed by atoms with Gasteiger partial charge in [0.15, 0.2) is 6.29 Å². The smallest absolute Gasteiger partial charge is 0.259 e. The van der Waals surface area contributed by atoms with E-state index in [9.17, 15) is 15.0 Å². The molecule has 7 heteroatoms. The van der Waals surface area contributed by atoms with Crippen molar-refractivity contribution in [1.29, 1.82) is 0 Å². The summed E-state index contributed by atoms with van der Waals surface area (Å²) in [7, 11) is 3.01. The molecule has 0 saturated heterocycles. The van der Waals surface area contributed by atoms with Crippen LogP contribution in [-0.2, 0) is 11.8 Å². The second kappa shape index (κ2) is 6.22. The molecule has 2 aromatic heterocycles. The highest BCUT2D eigenvalue weighted by Gasteiger charge is 2.23. The molecular formula is C17H16ClNO4S. The van der Waals surface area contributed by atoms with Crippen molar-refractivity contribution in [3.05, 3.63) is 50.2 Å². The number of rotatable bonds is 3. The molecule has 2 heterocycles. The Bertz CT molecular complexity index is 992. The lowest BCUT2D eigenvalue weighted by atomic mass is 10.0. The van der Waals surface area contributed by atoms with Crippen LogP contribution in [-0.4, -0.2) is 21.9 Å². The van der Waals surface area contributed by atoms with Crippen molar-refractivity contribution in [3.63, 3.8) is 0 Å². The van der Waals surface area contributed by atoms with Crippen LogP contribution in [0.1, 0.15) is 16.7 Å². The second-order valence-corrected chi connectivity index (χ2v) is 7.15. The molecule has 0 radical (unpaired) electrons. The van der Waals surface area contributed by atoms with E-state index in [0.717, 1.165) is 4.88 Å². The van der Waals surface area contributed by atoms with Crippen LogP contribution in [0.3, 0.4) is 0 Å². The first-order valence-corrected chi connectivity index (χ1v) is 8.37. The Balaban J connectivity index is 2.45. The van der Waals surface area contributed by atoms with Gasteiger partial charge < -0.3 is 19.5 Å². The number of halogens is 1. The number of nitrogens with zero attached hydrogens (tertiary/aromatic N) is 1. The molecule has 126 valence electrons. The molecule has 1 aromatic carbocycles. The Morgan fingerprint density at radius 1 is 1.33 bits per heavy atom. The van der Waals surface area contributed by atoms with Gasteiger partial charge in [0.1, 0.15) is 5.75 Å². The Kier molecular flexibility index (Phi) is 4.40. The molecule has 1 atom stereocenters. The predicted octanol–water partition coefficient (Wildman–Crippen LogP) is 3.57. The lowest BCUT2D eigenvalue weighted by Crippen LogP contribution is -2.18. The van der Waals surface area contributed by atoms with Crippen molar-refractivity contribution in [2.75, 3.05) is 7.11 Å². The van der Waals surface area contributed by atoms with Crippen molar-refractivity contribution in [2.24, 2.45) is 7.05 Å². The maximum atomic E-state index is 12.6. The first kappa shape index (κ1) is 17.0. The minimum atomic E-state index is -1.19. The topological polar surface area (TPSA) is 71.7 Å². The highest BCUT2D eigenvalue weighted by molar-refractivity contribution is 7.19. The maximum Gasteiger partial charge on any atom is 0.259 e. The zero-order valence-electron chi connectivity index (χ0n) is 13.3. The van der Waals surface area contributed by atoms with Crippen molar-refractivity contribution in [3.8, 4) is 16.9 Å². The zero-order valence-corrected chi connectivity index (χ0v) is 14.9. The molecule has 0 amide bonds. The van der Waals surface area contributed by atoms with Crippen LogP contribution in [0.4, 0.5) is 0 Å². The fourth-order valence-corrected chi connectivity index (χ4v) is 4.14. The normalized spacial score (nSPS) is 12.7. The van der Waals surface area contributed by atoms with Gasteiger partial charge in [0.25, 0.3) is 5.56 Å². The van der Waals surface area contributed by atoms with E-state index in [4.69, 9.17) is 16.3 Å². The number of phenols is 1. The van der Waals surface area contributed by atoms with Crippen LogP contribution in [0.2, 0.25) is 5.02 Å². The number of fused-ring (bicyclic) bond motifs is 1. The van der Waals surface area contributed by atoms with E-state index in [1.807, 2.05) is 6.92 Å². The molecule has 0 fully saturated rings. The Labute approximate surface area is 147 Å². The standard InChI is InChI=1S/C17H16ClNO4S/c1-8-13(17(22)23-3)14-15(24-8)11(7-19(2)16(14)21)10-6-9(18)4-5-12(10)20/h4-7,17,20,22H,1-3H3. The third-order valence-corrected chi connectivity index (χ3v) is 5.34. The summed E-state index contributed by atoms with van der Waals surface area (Å²) in [4.78, 5) is 13.4. The number of ether oxygens (including phenoxy) is 1. The number of hydrogen-bond donors (Lipinski definition) is 2. The van der Waals surface area contributed by atoms with Crippen molar-refractivity contribution < 1.29 is 14.9 Å². The maximum absolute atomic E-state index is 12.6. The summed E-state index contributed by atoms with van der Waals surface area (Å²) in [6.45, 7) is 1.82. The number of aromatic hydroxyl groups is 1. The quantitative estimate of drug-likeness (QED) is 0.696. The molecule has 24 heavy (non-hydrogen) atoms. The number of pyridine rings is 1. The summed E-state index contributed by atoms with van der Waals surface area (Å²) in [6, 6.07) is 4.76. The molecule has 3 rings (SSSR count). The number of aryl methyl sites for hydroxylation is 2. The monoisotopic (exact) mass is 365 g/mol. The third-order valence-electron chi connectivity index (χ3n) is 3.95. The predicted molar refractivity (Wildman–Crippen MR) is 95.9 cm³/mol. The number of thiophene rings is 1. The molecule has 3 aromatic rings. The van der Waals surface area contributed by atoms with Gasteiger partial charge in [-0.25, -0.2) is 0 Å². The molecule has 5 nitrogen and oxygen atoms in total. The summed E-state index contributed by atoms with van der Waals surface area (Å²) >= 11 is 7.44. The lowest BCUT2D eigenvalue weighted by molar-refractivity contribution is -0.0760. The van der Waals surface area contributed by atoms with Gasteiger partial charge >= 0.3 is 0 Å². The summed E-state index contributed by atoms with van der Waals surface area (Å²) in [5.74, 6) is 0.0687. The summed E-state index contributed by atoms with van der Waals surface area (Å²) in [6.07, 6.45) is 0.476. The first-order chi connectivity index (χ1) is 11.3. The molecular weight excluding hydrogens is 350 g/mol. The largest absolute Gasteiger partial charge is 0.507 e. The van der Waals surface area contributed by atoms with E-state index in [-0.39, 0.29) is 11.3 Å². The van der Waals surface area contributed by atoms with E-state index in [1.165, 1.54) is 29.1 Å². The zero-order chi connectivity index (χ0) is 17.6. The highest BCUT2D eigenvalue weighted by atomic mass is 35.5. The molecule has 0 saturated carbocycles. The van der Waals surface area contributed by atoms with E-state index in [2.05, 4.69) is 0 Å².